The molecule has 130 valence electrons. The van der Waals surface area contributed by atoms with Crippen LogP contribution in [-0.2, 0) is 13.0 Å². The van der Waals surface area contributed by atoms with Crippen LogP contribution in [0.4, 0.5) is 13.2 Å². The van der Waals surface area contributed by atoms with Crippen molar-refractivity contribution >= 4 is 11.2 Å². The smallest absolute Gasteiger partial charge is 0.417 e. The standard InChI is InChI=1S/C16H12F3N3O3/c17-16(18,19)25-10-6-4-9(5-7-10)13-21-12-14(24-13)20-11-3-1-2-8-22(11)15(12)23/h4-7H,1-3,8H2. The molecule has 0 saturated heterocycles. The molecular weight excluding hydrogens is 339 g/mol. The Hall–Kier alpha value is -2.84. The quantitative estimate of drug-likeness (QED) is 0.709. The molecule has 0 unspecified atom stereocenters. The van der Waals surface area contributed by atoms with E-state index in [1.165, 1.54) is 12.1 Å². The summed E-state index contributed by atoms with van der Waals surface area (Å²) in [7, 11) is 0. The van der Waals surface area contributed by atoms with E-state index in [1.54, 1.807) is 4.57 Å². The fourth-order valence-electron chi connectivity index (χ4n) is 2.85. The Labute approximate surface area is 138 Å². The minimum atomic E-state index is -4.75. The van der Waals surface area contributed by atoms with Gasteiger partial charge in [0.1, 0.15) is 11.6 Å². The van der Waals surface area contributed by atoms with Crippen LogP contribution >= 0.6 is 0 Å². The minimum Gasteiger partial charge on any atom is -0.417 e. The number of nitrogens with zero attached hydrogens (tertiary/aromatic N) is 3. The van der Waals surface area contributed by atoms with E-state index in [0.29, 0.717) is 24.4 Å². The van der Waals surface area contributed by atoms with Crippen molar-refractivity contribution in [1.29, 1.82) is 0 Å². The summed E-state index contributed by atoms with van der Waals surface area (Å²) in [5.41, 5.74) is 0.432. The first-order chi connectivity index (χ1) is 11.9. The lowest BCUT2D eigenvalue weighted by Gasteiger charge is -2.15. The molecule has 3 aromatic rings. The third-order valence-corrected chi connectivity index (χ3v) is 3.97. The zero-order chi connectivity index (χ0) is 17.6. The number of halogens is 3. The lowest BCUT2D eigenvalue weighted by atomic mass is 10.1. The highest BCUT2D eigenvalue weighted by atomic mass is 19.4. The average molecular weight is 351 g/mol. The number of aromatic nitrogens is 3. The largest absolute Gasteiger partial charge is 0.573 e. The maximum Gasteiger partial charge on any atom is 0.573 e. The predicted octanol–water partition coefficient (Wildman–Crippen LogP) is 3.29. The van der Waals surface area contributed by atoms with Gasteiger partial charge < -0.3 is 9.15 Å². The normalized spacial score (nSPS) is 14.5. The number of hydrogen-bond acceptors (Lipinski definition) is 5. The molecule has 0 fully saturated rings. The van der Waals surface area contributed by atoms with Crippen molar-refractivity contribution in [2.24, 2.45) is 0 Å². The lowest BCUT2D eigenvalue weighted by molar-refractivity contribution is -0.274. The topological polar surface area (TPSA) is 70.2 Å². The highest BCUT2D eigenvalue weighted by Crippen LogP contribution is 2.27. The van der Waals surface area contributed by atoms with Crippen LogP contribution in [-0.4, -0.2) is 20.9 Å². The van der Waals surface area contributed by atoms with Gasteiger partial charge in [-0.15, -0.1) is 13.2 Å². The summed E-state index contributed by atoms with van der Waals surface area (Å²) < 4.78 is 47.6. The van der Waals surface area contributed by atoms with E-state index in [1.807, 2.05) is 0 Å². The number of ether oxygens (including phenoxy) is 1. The molecule has 1 aromatic carbocycles. The summed E-state index contributed by atoms with van der Waals surface area (Å²) >= 11 is 0. The summed E-state index contributed by atoms with van der Waals surface area (Å²) in [5, 5.41) is 0. The maximum atomic E-state index is 12.5. The van der Waals surface area contributed by atoms with Crippen LogP contribution < -0.4 is 10.3 Å². The summed E-state index contributed by atoms with van der Waals surface area (Å²) in [6, 6.07) is 5.07. The van der Waals surface area contributed by atoms with Gasteiger partial charge in [-0.1, -0.05) is 0 Å². The summed E-state index contributed by atoms with van der Waals surface area (Å²) in [6.45, 7) is 0.600. The maximum absolute atomic E-state index is 12.5. The van der Waals surface area contributed by atoms with Gasteiger partial charge in [-0.25, -0.2) is 4.98 Å². The van der Waals surface area contributed by atoms with Crippen molar-refractivity contribution in [3.63, 3.8) is 0 Å². The van der Waals surface area contributed by atoms with Gasteiger partial charge >= 0.3 is 6.36 Å². The number of fused-ring (bicyclic) bond motifs is 2. The molecule has 0 radical (unpaired) electrons. The van der Waals surface area contributed by atoms with Crippen LogP contribution in [0.25, 0.3) is 22.7 Å². The zero-order valence-electron chi connectivity index (χ0n) is 12.8. The average Bonchev–Trinajstić information content (AvgIpc) is 2.99. The highest BCUT2D eigenvalue weighted by Gasteiger charge is 2.31. The van der Waals surface area contributed by atoms with Crippen LogP contribution in [0, 0.1) is 0 Å². The molecule has 0 bridgehead atoms. The SMILES string of the molecule is O=c1c2nc(-c3ccc(OC(F)(F)F)cc3)oc2nc2n1CCCC2. The summed E-state index contributed by atoms with van der Waals surface area (Å²) in [5.74, 6) is 0.447. The first-order valence-corrected chi connectivity index (χ1v) is 7.67. The van der Waals surface area contributed by atoms with Crippen molar-refractivity contribution in [3.05, 3.63) is 40.4 Å². The second-order valence-corrected chi connectivity index (χ2v) is 5.69. The van der Waals surface area contributed by atoms with E-state index >= 15 is 0 Å². The number of alkyl halides is 3. The van der Waals surface area contributed by atoms with Gasteiger partial charge in [-0.2, -0.15) is 4.98 Å². The van der Waals surface area contributed by atoms with Crippen molar-refractivity contribution in [2.75, 3.05) is 0 Å². The molecule has 4 rings (SSSR count). The minimum absolute atomic E-state index is 0.122. The van der Waals surface area contributed by atoms with Gasteiger partial charge in [0.05, 0.1) is 0 Å². The van der Waals surface area contributed by atoms with Crippen molar-refractivity contribution in [1.82, 2.24) is 14.5 Å². The number of benzene rings is 1. The van der Waals surface area contributed by atoms with Crippen LogP contribution in [0.1, 0.15) is 18.7 Å². The van der Waals surface area contributed by atoms with Gasteiger partial charge in [-0.3, -0.25) is 9.36 Å². The van der Waals surface area contributed by atoms with Gasteiger partial charge in [0.15, 0.2) is 5.52 Å². The number of oxazole rings is 1. The van der Waals surface area contributed by atoms with E-state index in [-0.39, 0.29) is 28.4 Å². The van der Waals surface area contributed by atoms with Gasteiger partial charge in [0, 0.05) is 18.5 Å². The third kappa shape index (κ3) is 2.97. The molecule has 1 aliphatic heterocycles. The van der Waals surface area contributed by atoms with Crippen LogP contribution in [0.2, 0.25) is 0 Å². The van der Waals surface area contributed by atoms with E-state index in [0.717, 1.165) is 25.0 Å². The Morgan fingerprint density at radius 1 is 1.12 bits per heavy atom. The third-order valence-electron chi connectivity index (χ3n) is 3.97. The van der Waals surface area contributed by atoms with Crippen LogP contribution in [0.15, 0.2) is 33.5 Å². The first kappa shape index (κ1) is 15.7. The second-order valence-electron chi connectivity index (χ2n) is 5.69. The molecule has 0 spiro atoms. The van der Waals surface area contributed by atoms with Gasteiger partial charge in [0.2, 0.25) is 5.89 Å². The molecule has 6 nitrogen and oxygen atoms in total. The molecule has 1 aliphatic rings. The molecular formula is C16H12F3N3O3. The number of hydrogen-bond donors (Lipinski definition) is 0. The van der Waals surface area contributed by atoms with Gasteiger partial charge in [-0.05, 0) is 37.1 Å². The fourth-order valence-corrected chi connectivity index (χ4v) is 2.85. The van der Waals surface area contributed by atoms with E-state index in [4.69, 9.17) is 4.42 Å². The van der Waals surface area contributed by atoms with Crippen LogP contribution in [0.3, 0.4) is 0 Å². The molecule has 0 atom stereocenters. The first-order valence-electron chi connectivity index (χ1n) is 7.67. The molecule has 9 heteroatoms. The Kier molecular flexibility index (Phi) is 3.52. The molecule has 3 heterocycles. The Morgan fingerprint density at radius 2 is 1.88 bits per heavy atom. The molecule has 0 amide bonds. The lowest BCUT2D eigenvalue weighted by Crippen LogP contribution is -2.28. The van der Waals surface area contributed by atoms with Crippen molar-refractivity contribution < 1.29 is 22.3 Å². The summed E-state index contributed by atoms with van der Waals surface area (Å²) in [4.78, 5) is 21.0. The van der Waals surface area contributed by atoms with E-state index in [9.17, 15) is 18.0 Å². The van der Waals surface area contributed by atoms with Crippen molar-refractivity contribution in [3.8, 4) is 17.2 Å². The molecule has 25 heavy (non-hydrogen) atoms. The predicted molar refractivity (Wildman–Crippen MR) is 81.1 cm³/mol. The Bertz CT molecular complexity index is 990. The number of rotatable bonds is 2. The van der Waals surface area contributed by atoms with E-state index < -0.39 is 6.36 Å². The van der Waals surface area contributed by atoms with Gasteiger partial charge in [0.25, 0.3) is 11.3 Å². The molecule has 0 saturated carbocycles. The monoisotopic (exact) mass is 351 g/mol. The van der Waals surface area contributed by atoms with Crippen molar-refractivity contribution in [2.45, 2.75) is 32.2 Å². The fraction of sp³-hybridized carbons (Fsp3) is 0.312. The summed E-state index contributed by atoms with van der Waals surface area (Å²) in [6.07, 6.45) is -2.19. The highest BCUT2D eigenvalue weighted by molar-refractivity contribution is 5.71. The number of aryl methyl sites for hydroxylation is 1. The Morgan fingerprint density at radius 3 is 2.60 bits per heavy atom. The van der Waals surface area contributed by atoms with Crippen LogP contribution in [0.5, 0.6) is 5.75 Å². The second kappa shape index (κ2) is 5.61. The zero-order valence-corrected chi connectivity index (χ0v) is 12.8. The van der Waals surface area contributed by atoms with E-state index in [2.05, 4.69) is 14.7 Å². The Balaban J connectivity index is 1.72. The molecule has 2 aromatic heterocycles. The molecule has 0 N–H and O–H groups in total. The molecule has 0 aliphatic carbocycles.